The maximum Gasteiger partial charge on any atom is 0.246 e. The van der Waals surface area contributed by atoms with Gasteiger partial charge in [0.25, 0.3) is 0 Å². The Morgan fingerprint density at radius 3 is 2.94 bits per heavy atom. The Bertz CT molecular complexity index is 341. The van der Waals surface area contributed by atoms with Crippen LogP contribution in [0.25, 0.3) is 0 Å². The summed E-state index contributed by atoms with van der Waals surface area (Å²) in [5.41, 5.74) is 5.46. The number of aliphatic hydroxyl groups is 2. The molecular weight excluding hydrogens is 216 g/mol. The predicted molar refractivity (Wildman–Crippen MR) is 51.9 cm³/mol. The Kier molecular flexibility index (Phi) is 4.83. The molecule has 0 radical (unpaired) electrons. The molecule has 0 saturated heterocycles. The van der Waals surface area contributed by atoms with Gasteiger partial charge in [-0.1, -0.05) is 5.16 Å². The zero-order chi connectivity index (χ0) is 12.0. The molecular formula is C8H14N4O4. The number of carbonyl (C=O) groups excluding carboxylic acids is 1. The number of aromatic nitrogens is 2. The molecule has 1 atom stereocenters. The molecule has 0 aliphatic heterocycles. The van der Waals surface area contributed by atoms with E-state index in [-0.39, 0.29) is 43.8 Å². The summed E-state index contributed by atoms with van der Waals surface area (Å²) in [5.74, 6) is 0.0767. The van der Waals surface area contributed by atoms with E-state index in [4.69, 9.17) is 20.5 Å². The van der Waals surface area contributed by atoms with E-state index < -0.39 is 6.04 Å². The van der Waals surface area contributed by atoms with Crippen LogP contribution in [-0.4, -0.2) is 39.5 Å². The molecule has 1 aromatic rings. The second-order valence-electron chi connectivity index (χ2n) is 3.09. The average molecular weight is 230 g/mol. The van der Waals surface area contributed by atoms with Gasteiger partial charge in [-0.2, -0.15) is 4.98 Å². The fourth-order valence-corrected chi connectivity index (χ4v) is 0.936. The molecule has 0 saturated carbocycles. The fraction of sp³-hybridized carbons (Fsp3) is 0.625. The number of amides is 1. The molecule has 1 rings (SSSR count). The largest absolute Gasteiger partial charge is 0.396 e. The van der Waals surface area contributed by atoms with Gasteiger partial charge in [0, 0.05) is 6.42 Å². The predicted octanol–water partition coefficient (Wildman–Crippen LogP) is -1.94. The van der Waals surface area contributed by atoms with Crippen LogP contribution in [0.1, 0.15) is 24.2 Å². The lowest BCUT2D eigenvalue weighted by molar-refractivity contribution is -0.122. The molecule has 0 aliphatic rings. The minimum Gasteiger partial charge on any atom is -0.396 e. The SMILES string of the molecule is NC(CO)c1noc(CNC(=O)CCO)n1. The molecule has 5 N–H and O–H groups in total. The fourth-order valence-electron chi connectivity index (χ4n) is 0.936. The Balaban J connectivity index is 2.43. The third-order valence-corrected chi connectivity index (χ3v) is 1.79. The van der Waals surface area contributed by atoms with Gasteiger partial charge in [-0.3, -0.25) is 4.79 Å². The highest BCUT2D eigenvalue weighted by molar-refractivity contribution is 5.75. The molecule has 1 heterocycles. The Morgan fingerprint density at radius 2 is 2.31 bits per heavy atom. The third-order valence-electron chi connectivity index (χ3n) is 1.79. The highest BCUT2D eigenvalue weighted by Crippen LogP contribution is 2.04. The molecule has 1 aromatic heterocycles. The third kappa shape index (κ3) is 3.57. The van der Waals surface area contributed by atoms with Crippen LogP contribution in [0.3, 0.4) is 0 Å². The lowest BCUT2D eigenvalue weighted by Crippen LogP contribution is -2.23. The van der Waals surface area contributed by atoms with Gasteiger partial charge in [-0.15, -0.1) is 0 Å². The van der Waals surface area contributed by atoms with Gasteiger partial charge in [-0.25, -0.2) is 0 Å². The van der Waals surface area contributed by atoms with Crippen LogP contribution in [-0.2, 0) is 11.3 Å². The van der Waals surface area contributed by atoms with Crippen molar-refractivity contribution in [3.63, 3.8) is 0 Å². The molecule has 0 spiro atoms. The second-order valence-corrected chi connectivity index (χ2v) is 3.09. The van der Waals surface area contributed by atoms with Crippen molar-refractivity contribution in [3.05, 3.63) is 11.7 Å². The van der Waals surface area contributed by atoms with Crippen molar-refractivity contribution < 1.29 is 19.5 Å². The lowest BCUT2D eigenvalue weighted by Gasteiger charge is -2.00. The first-order valence-corrected chi connectivity index (χ1v) is 4.74. The number of carbonyl (C=O) groups is 1. The van der Waals surface area contributed by atoms with Crippen LogP contribution in [0, 0.1) is 0 Å². The summed E-state index contributed by atoms with van der Waals surface area (Å²) < 4.78 is 4.79. The number of nitrogens with zero attached hydrogens (tertiary/aromatic N) is 2. The molecule has 8 heteroatoms. The highest BCUT2D eigenvalue weighted by Gasteiger charge is 2.13. The standard InChI is InChI=1S/C8H14N4O4/c9-5(4-14)8-11-7(16-12-8)3-10-6(15)1-2-13/h5,13-14H,1-4,9H2,(H,10,15). The van der Waals surface area contributed by atoms with Crippen LogP contribution >= 0.6 is 0 Å². The number of nitrogens with two attached hydrogens (primary N) is 1. The van der Waals surface area contributed by atoms with E-state index in [1.165, 1.54) is 0 Å². The number of hydrogen-bond donors (Lipinski definition) is 4. The molecule has 1 unspecified atom stereocenters. The number of nitrogens with one attached hydrogen (secondary N) is 1. The maximum absolute atomic E-state index is 11.0. The van der Waals surface area contributed by atoms with Crippen LogP contribution in [0.2, 0.25) is 0 Å². The van der Waals surface area contributed by atoms with Crippen molar-refractivity contribution in [2.75, 3.05) is 13.2 Å². The van der Waals surface area contributed by atoms with Gasteiger partial charge in [0.05, 0.1) is 25.8 Å². The smallest absolute Gasteiger partial charge is 0.246 e. The zero-order valence-electron chi connectivity index (χ0n) is 8.59. The molecule has 16 heavy (non-hydrogen) atoms. The van der Waals surface area contributed by atoms with E-state index >= 15 is 0 Å². The number of rotatable bonds is 6. The van der Waals surface area contributed by atoms with E-state index in [1.807, 2.05) is 0 Å². The Hall–Kier alpha value is -1.51. The monoisotopic (exact) mass is 230 g/mol. The molecule has 0 bridgehead atoms. The van der Waals surface area contributed by atoms with Crippen LogP contribution < -0.4 is 11.1 Å². The lowest BCUT2D eigenvalue weighted by atomic mass is 10.3. The first-order valence-electron chi connectivity index (χ1n) is 4.74. The quantitative estimate of drug-likeness (QED) is 0.446. The van der Waals surface area contributed by atoms with Crippen LogP contribution in [0.15, 0.2) is 4.52 Å². The topological polar surface area (TPSA) is 134 Å². The molecule has 0 aliphatic carbocycles. The number of aliphatic hydroxyl groups excluding tert-OH is 2. The summed E-state index contributed by atoms with van der Waals surface area (Å²) in [6, 6.07) is -0.689. The average Bonchev–Trinajstić information content (AvgIpc) is 2.74. The van der Waals surface area contributed by atoms with Gasteiger partial charge in [0.1, 0.15) is 0 Å². The Labute approximate surface area is 91.4 Å². The van der Waals surface area contributed by atoms with E-state index in [2.05, 4.69) is 15.5 Å². The first kappa shape index (κ1) is 12.6. The molecule has 0 fully saturated rings. The van der Waals surface area contributed by atoms with Crippen LogP contribution in [0.5, 0.6) is 0 Å². The molecule has 1 amide bonds. The summed E-state index contributed by atoms with van der Waals surface area (Å²) in [7, 11) is 0. The molecule has 0 aromatic carbocycles. The van der Waals surface area contributed by atoms with Crippen molar-refractivity contribution in [3.8, 4) is 0 Å². The maximum atomic E-state index is 11.0. The van der Waals surface area contributed by atoms with Gasteiger partial charge < -0.3 is 25.8 Å². The highest BCUT2D eigenvalue weighted by atomic mass is 16.5. The first-order chi connectivity index (χ1) is 7.67. The minimum atomic E-state index is -0.689. The van der Waals surface area contributed by atoms with Gasteiger partial charge >= 0.3 is 0 Å². The van der Waals surface area contributed by atoms with Crippen molar-refractivity contribution in [1.82, 2.24) is 15.5 Å². The number of hydrogen-bond acceptors (Lipinski definition) is 7. The summed E-state index contributed by atoms with van der Waals surface area (Å²) in [6.07, 6.45) is 0.0249. The van der Waals surface area contributed by atoms with Crippen molar-refractivity contribution in [1.29, 1.82) is 0 Å². The van der Waals surface area contributed by atoms with Gasteiger partial charge in [0.2, 0.25) is 11.8 Å². The molecule has 90 valence electrons. The molecule has 8 nitrogen and oxygen atoms in total. The minimum absolute atomic E-state index is 0.0249. The summed E-state index contributed by atoms with van der Waals surface area (Å²) in [5, 5.41) is 23.2. The van der Waals surface area contributed by atoms with E-state index in [0.29, 0.717) is 0 Å². The summed E-state index contributed by atoms with van der Waals surface area (Å²) in [6.45, 7) is -0.421. The van der Waals surface area contributed by atoms with E-state index in [0.717, 1.165) is 0 Å². The second kappa shape index (κ2) is 6.16. The summed E-state index contributed by atoms with van der Waals surface area (Å²) in [4.78, 5) is 14.9. The van der Waals surface area contributed by atoms with Gasteiger partial charge in [-0.05, 0) is 0 Å². The van der Waals surface area contributed by atoms with Crippen molar-refractivity contribution >= 4 is 5.91 Å². The Morgan fingerprint density at radius 1 is 1.56 bits per heavy atom. The van der Waals surface area contributed by atoms with Crippen molar-refractivity contribution in [2.45, 2.75) is 19.0 Å². The normalized spacial score (nSPS) is 12.4. The summed E-state index contributed by atoms with van der Waals surface area (Å²) >= 11 is 0. The van der Waals surface area contributed by atoms with E-state index in [1.54, 1.807) is 0 Å². The zero-order valence-corrected chi connectivity index (χ0v) is 8.59. The van der Waals surface area contributed by atoms with E-state index in [9.17, 15) is 4.79 Å². The van der Waals surface area contributed by atoms with Crippen LogP contribution in [0.4, 0.5) is 0 Å². The van der Waals surface area contributed by atoms with Crippen molar-refractivity contribution in [2.24, 2.45) is 5.73 Å². The van der Waals surface area contributed by atoms with Gasteiger partial charge in [0.15, 0.2) is 5.82 Å².